The molecule has 0 aromatic heterocycles. The molecule has 2 saturated heterocycles. The largest absolute Gasteiger partial charge is 0.342 e. The summed E-state index contributed by atoms with van der Waals surface area (Å²) in [5.41, 5.74) is 0.273. The van der Waals surface area contributed by atoms with Crippen LogP contribution in [0.3, 0.4) is 0 Å². The molecule has 3 fully saturated rings. The molecule has 0 bridgehead atoms. The van der Waals surface area contributed by atoms with E-state index in [1.165, 1.54) is 44.9 Å². The number of rotatable bonds is 2. The number of hydrogen-bond acceptors (Lipinski definition) is 3. The minimum Gasteiger partial charge on any atom is -0.342 e. The molecule has 1 saturated carbocycles. The van der Waals surface area contributed by atoms with Gasteiger partial charge in [-0.3, -0.25) is 9.69 Å². The van der Waals surface area contributed by atoms with E-state index < -0.39 is 0 Å². The Kier molecular flexibility index (Phi) is 6.54. The number of halogens is 1. The zero-order valence-electron chi connectivity index (χ0n) is 14.0. The fraction of sp³-hybridized carbons (Fsp3) is 0.941. The summed E-state index contributed by atoms with van der Waals surface area (Å²) in [4.78, 5) is 17.3. The summed E-state index contributed by atoms with van der Waals surface area (Å²) in [5, 5.41) is 3.57. The Bertz CT molecular complexity index is 355. The first-order valence-electron chi connectivity index (χ1n) is 8.93. The fourth-order valence-corrected chi connectivity index (χ4v) is 4.35. The molecule has 1 N–H and O–H groups in total. The average Bonchev–Trinajstić information content (AvgIpc) is 2.51. The molecular weight excluding hydrogens is 298 g/mol. The van der Waals surface area contributed by atoms with E-state index in [1.807, 2.05) is 0 Å². The van der Waals surface area contributed by atoms with Gasteiger partial charge in [0.15, 0.2) is 0 Å². The molecule has 1 spiro atoms. The predicted molar refractivity (Wildman–Crippen MR) is 92.5 cm³/mol. The molecule has 22 heavy (non-hydrogen) atoms. The van der Waals surface area contributed by atoms with E-state index in [9.17, 15) is 4.79 Å². The van der Waals surface area contributed by atoms with Crippen molar-refractivity contribution >= 4 is 18.3 Å². The van der Waals surface area contributed by atoms with Gasteiger partial charge in [-0.2, -0.15) is 0 Å². The van der Waals surface area contributed by atoms with Crippen molar-refractivity contribution in [2.75, 3.05) is 39.3 Å². The third-order valence-corrected chi connectivity index (χ3v) is 5.93. The first kappa shape index (κ1) is 18.0. The van der Waals surface area contributed by atoms with Gasteiger partial charge in [-0.15, -0.1) is 12.4 Å². The van der Waals surface area contributed by atoms with Gasteiger partial charge < -0.3 is 10.2 Å². The summed E-state index contributed by atoms with van der Waals surface area (Å²) in [6.07, 6.45) is 8.92. The van der Waals surface area contributed by atoms with Crippen molar-refractivity contribution in [1.82, 2.24) is 15.1 Å². The smallest absolute Gasteiger partial charge is 0.236 e. The lowest BCUT2D eigenvalue weighted by Gasteiger charge is -2.50. The van der Waals surface area contributed by atoms with Crippen LogP contribution in [0.4, 0.5) is 0 Å². The molecule has 0 aromatic rings. The van der Waals surface area contributed by atoms with Gasteiger partial charge in [0.05, 0.1) is 6.54 Å². The Morgan fingerprint density at radius 1 is 1.14 bits per heavy atom. The van der Waals surface area contributed by atoms with Crippen molar-refractivity contribution < 1.29 is 4.79 Å². The van der Waals surface area contributed by atoms with Crippen molar-refractivity contribution in [3.8, 4) is 0 Å². The van der Waals surface area contributed by atoms with Crippen molar-refractivity contribution in [3.63, 3.8) is 0 Å². The van der Waals surface area contributed by atoms with Gasteiger partial charge in [-0.1, -0.05) is 26.2 Å². The van der Waals surface area contributed by atoms with Crippen LogP contribution in [0.15, 0.2) is 0 Å². The van der Waals surface area contributed by atoms with Crippen molar-refractivity contribution in [2.45, 2.75) is 57.4 Å². The van der Waals surface area contributed by atoms with Crippen LogP contribution in [0.5, 0.6) is 0 Å². The Morgan fingerprint density at radius 3 is 2.50 bits per heavy atom. The number of nitrogens with one attached hydrogen (secondary N) is 1. The molecule has 0 atom stereocenters. The minimum absolute atomic E-state index is 0. The van der Waals surface area contributed by atoms with Crippen molar-refractivity contribution in [1.29, 1.82) is 0 Å². The lowest BCUT2D eigenvalue weighted by molar-refractivity contribution is -0.136. The first-order chi connectivity index (χ1) is 10.2. The van der Waals surface area contributed by atoms with Crippen LogP contribution in [0.2, 0.25) is 0 Å². The topological polar surface area (TPSA) is 35.6 Å². The number of carbonyl (C=O) groups excluding carboxylic acids is 1. The molecule has 4 nitrogen and oxygen atoms in total. The van der Waals surface area contributed by atoms with Crippen LogP contribution in [-0.4, -0.2) is 60.5 Å². The second-order valence-corrected chi connectivity index (χ2v) is 7.45. The molecule has 1 amide bonds. The van der Waals surface area contributed by atoms with Crippen LogP contribution < -0.4 is 5.32 Å². The number of carbonyl (C=O) groups is 1. The van der Waals surface area contributed by atoms with E-state index in [1.54, 1.807) is 0 Å². The monoisotopic (exact) mass is 329 g/mol. The van der Waals surface area contributed by atoms with Gasteiger partial charge in [-0.25, -0.2) is 0 Å². The molecule has 2 heterocycles. The standard InChI is InChI=1S/C17H31N3O.ClH/c1-15-5-10-19(11-6-15)16(21)13-20-12-9-18-14-17(20)7-3-2-4-8-17;/h15,18H,2-14H2,1H3;1H. The first-order valence-corrected chi connectivity index (χ1v) is 8.93. The van der Waals surface area contributed by atoms with Gasteiger partial charge >= 0.3 is 0 Å². The third kappa shape index (κ3) is 3.95. The predicted octanol–water partition coefficient (Wildman–Crippen LogP) is 2.27. The summed E-state index contributed by atoms with van der Waals surface area (Å²) in [7, 11) is 0. The summed E-state index contributed by atoms with van der Waals surface area (Å²) in [6.45, 7) is 8.04. The maximum absolute atomic E-state index is 12.7. The number of piperazine rings is 1. The van der Waals surface area contributed by atoms with E-state index in [-0.39, 0.29) is 17.9 Å². The normalized spacial score (nSPS) is 26.7. The molecule has 5 heteroatoms. The zero-order valence-corrected chi connectivity index (χ0v) is 14.8. The van der Waals surface area contributed by atoms with Crippen LogP contribution in [0, 0.1) is 5.92 Å². The highest BCUT2D eigenvalue weighted by molar-refractivity contribution is 5.85. The third-order valence-electron chi connectivity index (χ3n) is 5.93. The number of nitrogens with zero attached hydrogens (tertiary/aromatic N) is 2. The molecule has 0 aromatic carbocycles. The van der Waals surface area contributed by atoms with Gasteiger partial charge in [-0.05, 0) is 31.6 Å². The second kappa shape index (κ2) is 7.98. The second-order valence-electron chi connectivity index (χ2n) is 7.45. The maximum Gasteiger partial charge on any atom is 0.236 e. The molecule has 0 radical (unpaired) electrons. The van der Waals surface area contributed by atoms with Gasteiger partial charge in [0.2, 0.25) is 5.91 Å². The molecule has 1 aliphatic carbocycles. The SMILES string of the molecule is CC1CCN(C(=O)CN2CCNCC23CCCCC3)CC1.Cl. The number of amides is 1. The molecule has 128 valence electrons. The lowest BCUT2D eigenvalue weighted by Crippen LogP contribution is -2.63. The van der Waals surface area contributed by atoms with E-state index in [4.69, 9.17) is 0 Å². The van der Waals surface area contributed by atoms with Gasteiger partial charge in [0, 0.05) is 38.3 Å². The van der Waals surface area contributed by atoms with Crippen LogP contribution in [-0.2, 0) is 4.79 Å². The molecule has 0 unspecified atom stereocenters. The van der Waals surface area contributed by atoms with Crippen LogP contribution in [0.1, 0.15) is 51.9 Å². The van der Waals surface area contributed by atoms with E-state index in [2.05, 4.69) is 22.0 Å². The Hall–Kier alpha value is -0.320. The van der Waals surface area contributed by atoms with E-state index in [0.717, 1.165) is 38.6 Å². The molecule has 3 rings (SSSR count). The van der Waals surface area contributed by atoms with Crippen LogP contribution in [0.25, 0.3) is 0 Å². The summed E-state index contributed by atoms with van der Waals surface area (Å²) < 4.78 is 0. The lowest BCUT2D eigenvalue weighted by atomic mass is 9.79. The highest BCUT2D eigenvalue weighted by Gasteiger charge is 2.40. The van der Waals surface area contributed by atoms with Gasteiger partial charge in [0.25, 0.3) is 0 Å². The Labute approximate surface area is 141 Å². The number of piperidine rings is 1. The quantitative estimate of drug-likeness (QED) is 0.844. The molecule has 3 aliphatic rings. The summed E-state index contributed by atoms with van der Waals surface area (Å²) in [5.74, 6) is 1.16. The molecular formula is C17H32ClN3O. The number of hydrogen-bond donors (Lipinski definition) is 1. The Morgan fingerprint density at radius 2 is 1.82 bits per heavy atom. The van der Waals surface area contributed by atoms with Crippen LogP contribution >= 0.6 is 12.4 Å². The average molecular weight is 330 g/mol. The number of likely N-dealkylation sites (tertiary alicyclic amines) is 1. The zero-order chi connectivity index (χ0) is 14.7. The Balaban J connectivity index is 0.00000176. The summed E-state index contributed by atoms with van der Waals surface area (Å²) in [6, 6.07) is 0. The molecule has 2 aliphatic heterocycles. The highest BCUT2D eigenvalue weighted by Crippen LogP contribution is 2.34. The fourth-order valence-electron chi connectivity index (χ4n) is 4.35. The van der Waals surface area contributed by atoms with Crippen molar-refractivity contribution in [3.05, 3.63) is 0 Å². The minimum atomic E-state index is 0. The highest BCUT2D eigenvalue weighted by atomic mass is 35.5. The van der Waals surface area contributed by atoms with E-state index >= 15 is 0 Å². The summed E-state index contributed by atoms with van der Waals surface area (Å²) >= 11 is 0. The maximum atomic E-state index is 12.7. The van der Waals surface area contributed by atoms with E-state index in [0.29, 0.717) is 12.5 Å². The van der Waals surface area contributed by atoms with Gasteiger partial charge in [0.1, 0.15) is 0 Å². The van der Waals surface area contributed by atoms with Crippen molar-refractivity contribution in [2.24, 2.45) is 5.92 Å².